The maximum Gasteiger partial charge on any atom is -0.00463 e. The smallest absolute Gasteiger partial charge is 0.00463 e. The molecule has 0 heterocycles. The fourth-order valence-electron chi connectivity index (χ4n) is 2.97. The van der Waals surface area contributed by atoms with Crippen LogP contribution in [0.25, 0.3) is 0 Å². The maximum absolute atomic E-state index is 3.75. The van der Waals surface area contributed by atoms with Crippen molar-refractivity contribution in [2.45, 2.75) is 64.7 Å². The van der Waals surface area contributed by atoms with Gasteiger partial charge in [-0.05, 0) is 57.0 Å². The zero-order chi connectivity index (χ0) is 12.3. The predicted octanol–water partition coefficient (Wildman–Crippen LogP) is 4.54. The van der Waals surface area contributed by atoms with Gasteiger partial charge < -0.3 is 5.32 Å². The lowest BCUT2D eigenvalue weighted by molar-refractivity contribution is 0.267. The van der Waals surface area contributed by atoms with Crippen molar-refractivity contribution in [1.82, 2.24) is 5.32 Å². The van der Waals surface area contributed by atoms with Crippen molar-refractivity contribution in [2.75, 3.05) is 13.1 Å². The Hall–Kier alpha value is -0.300. The Morgan fingerprint density at radius 2 is 2.06 bits per heavy atom. The van der Waals surface area contributed by atoms with Crippen molar-refractivity contribution >= 4 is 0 Å². The van der Waals surface area contributed by atoms with Crippen LogP contribution in [-0.2, 0) is 0 Å². The largest absolute Gasteiger partial charge is 0.317 e. The van der Waals surface area contributed by atoms with Crippen molar-refractivity contribution < 1.29 is 0 Å². The van der Waals surface area contributed by atoms with E-state index in [1.807, 2.05) is 6.08 Å². The molecule has 100 valence electrons. The van der Waals surface area contributed by atoms with Gasteiger partial charge in [0.2, 0.25) is 0 Å². The van der Waals surface area contributed by atoms with Crippen molar-refractivity contribution in [3.63, 3.8) is 0 Å². The van der Waals surface area contributed by atoms with Crippen LogP contribution in [0.15, 0.2) is 12.7 Å². The summed E-state index contributed by atoms with van der Waals surface area (Å²) in [5, 5.41) is 3.60. The summed E-state index contributed by atoms with van der Waals surface area (Å²) >= 11 is 0. The van der Waals surface area contributed by atoms with Crippen LogP contribution in [0.5, 0.6) is 0 Å². The molecular formula is C16H31N. The topological polar surface area (TPSA) is 12.0 Å². The molecule has 0 aromatic rings. The quantitative estimate of drug-likeness (QED) is 0.458. The molecule has 0 radical (unpaired) electrons. The minimum atomic E-state index is 0.979. The summed E-state index contributed by atoms with van der Waals surface area (Å²) in [6.07, 6.45) is 14.5. The third-order valence-corrected chi connectivity index (χ3v) is 4.04. The standard InChI is InChI=1S/C16H31N/c1-3-4-5-6-7-12-17-13-11-16-10-8-9-15(2)14-16/h3,15-17H,1,4-14H2,2H3. The molecule has 2 unspecified atom stereocenters. The number of hydrogen-bond donors (Lipinski definition) is 1. The third kappa shape index (κ3) is 7.59. The molecule has 0 aliphatic heterocycles. The number of hydrogen-bond acceptors (Lipinski definition) is 1. The number of allylic oxidation sites excluding steroid dienone is 1. The first-order valence-electron chi connectivity index (χ1n) is 7.64. The molecular weight excluding hydrogens is 206 g/mol. The number of unbranched alkanes of at least 4 members (excludes halogenated alkanes) is 3. The zero-order valence-electron chi connectivity index (χ0n) is 11.7. The number of nitrogens with one attached hydrogen (secondary N) is 1. The fourth-order valence-corrected chi connectivity index (χ4v) is 2.97. The summed E-state index contributed by atoms with van der Waals surface area (Å²) in [5.74, 6) is 1.99. The summed E-state index contributed by atoms with van der Waals surface area (Å²) in [7, 11) is 0. The van der Waals surface area contributed by atoms with Gasteiger partial charge in [-0.25, -0.2) is 0 Å². The van der Waals surface area contributed by atoms with Crippen LogP contribution in [0, 0.1) is 11.8 Å². The molecule has 1 N–H and O–H groups in total. The van der Waals surface area contributed by atoms with E-state index in [-0.39, 0.29) is 0 Å². The van der Waals surface area contributed by atoms with Gasteiger partial charge in [-0.15, -0.1) is 6.58 Å². The lowest BCUT2D eigenvalue weighted by atomic mass is 9.81. The second-order valence-corrected chi connectivity index (χ2v) is 5.81. The molecule has 1 saturated carbocycles. The van der Waals surface area contributed by atoms with E-state index in [1.54, 1.807) is 0 Å². The first-order valence-corrected chi connectivity index (χ1v) is 7.64. The highest BCUT2D eigenvalue weighted by Gasteiger charge is 2.17. The Bertz CT molecular complexity index is 188. The highest BCUT2D eigenvalue weighted by atomic mass is 14.8. The van der Waals surface area contributed by atoms with E-state index < -0.39 is 0 Å². The third-order valence-electron chi connectivity index (χ3n) is 4.04. The van der Waals surface area contributed by atoms with E-state index in [0.29, 0.717) is 0 Å². The van der Waals surface area contributed by atoms with Crippen LogP contribution in [0.1, 0.15) is 64.7 Å². The summed E-state index contributed by atoms with van der Waals surface area (Å²) in [4.78, 5) is 0. The first kappa shape index (κ1) is 14.8. The summed E-state index contributed by atoms with van der Waals surface area (Å²) in [6, 6.07) is 0. The molecule has 0 spiro atoms. The SMILES string of the molecule is C=CCCCCCNCCC1CCCC(C)C1. The second kappa shape index (κ2) is 9.70. The molecule has 0 amide bonds. The van der Waals surface area contributed by atoms with Crippen molar-refractivity contribution in [3.8, 4) is 0 Å². The van der Waals surface area contributed by atoms with Gasteiger partial charge in [-0.1, -0.05) is 38.7 Å². The Kier molecular flexibility index (Phi) is 8.42. The fraction of sp³-hybridized carbons (Fsp3) is 0.875. The van der Waals surface area contributed by atoms with Gasteiger partial charge in [0.1, 0.15) is 0 Å². The molecule has 0 aromatic heterocycles. The molecule has 0 bridgehead atoms. The molecule has 2 atom stereocenters. The van der Waals surface area contributed by atoms with Gasteiger partial charge in [0, 0.05) is 0 Å². The van der Waals surface area contributed by atoms with Crippen LogP contribution >= 0.6 is 0 Å². The van der Waals surface area contributed by atoms with Crippen LogP contribution in [-0.4, -0.2) is 13.1 Å². The van der Waals surface area contributed by atoms with Gasteiger partial charge in [0.25, 0.3) is 0 Å². The summed E-state index contributed by atoms with van der Waals surface area (Å²) in [6.45, 7) is 8.61. The highest BCUT2D eigenvalue weighted by molar-refractivity contribution is 4.71. The Morgan fingerprint density at radius 3 is 2.82 bits per heavy atom. The zero-order valence-corrected chi connectivity index (χ0v) is 11.7. The maximum atomic E-state index is 3.75. The van der Waals surface area contributed by atoms with E-state index in [0.717, 1.165) is 11.8 Å². The van der Waals surface area contributed by atoms with Crippen LogP contribution in [0.4, 0.5) is 0 Å². The number of rotatable bonds is 9. The molecule has 1 aliphatic carbocycles. The minimum absolute atomic E-state index is 0.979. The van der Waals surface area contributed by atoms with Crippen molar-refractivity contribution in [3.05, 3.63) is 12.7 Å². The van der Waals surface area contributed by atoms with Gasteiger partial charge in [0.05, 0.1) is 0 Å². The molecule has 1 nitrogen and oxygen atoms in total. The predicted molar refractivity (Wildman–Crippen MR) is 77.3 cm³/mol. The van der Waals surface area contributed by atoms with Crippen LogP contribution in [0.3, 0.4) is 0 Å². The normalized spacial score (nSPS) is 24.8. The minimum Gasteiger partial charge on any atom is -0.317 e. The average Bonchev–Trinajstić information content (AvgIpc) is 2.33. The Balaban J connectivity index is 1.85. The molecule has 1 fully saturated rings. The van der Waals surface area contributed by atoms with Crippen LogP contribution in [0.2, 0.25) is 0 Å². The highest BCUT2D eigenvalue weighted by Crippen LogP contribution is 2.30. The van der Waals surface area contributed by atoms with Crippen LogP contribution < -0.4 is 5.32 Å². The molecule has 1 aliphatic rings. The van der Waals surface area contributed by atoms with E-state index in [2.05, 4.69) is 18.8 Å². The first-order chi connectivity index (χ1) is 8.33. The average molecular weight is 237 g/mol. The molecule has 1 rings (SSSR count). The van der Waals surface area contributed by atoms with E-state index in [9.17, 15) is 0 Å². The van der Waals surface area contributed by atoms with E-state index in [1.165, 1.54) is 70.9 Å². The van der Waals surface area contributed by atoms with Gasteiger partial charge in [-0.2, -0.15) is 0 Å². The van der Waals surface area contributed by atoms with E-state index >= 15 is 0 Å². The summed E-state index contributed by atoms with van der Waals surface area (Å²) < 4.78 is 0. The summed E-state index contributed by atoms with van der Waals surface area (Å²) in [5.41, 5.74) is 0. The van der Waals surface area contributed by atoms with Gasteiger partial charge in [-0.3, -0.25) is 0 Å². The Labute approximate surface area is 108 Å². The lowest BCUT2D eigenvalue weighted by Gasteiger charge is -2.26. The lowest BCUT2D eigenvalue weighted by Crippen LogP contribution is -2.22. The Morgan fingerprint density at radius 1 is 1.18 bits per heavy atom. The monoisotopic (exact) mass is 237 g/mol. The van der Waals surface area contributed by atoms with E-state index in [4.69, 9.17) is 0 Å². The van der Waals surface area contributed by atoms with Crippen molar-refractivity contribution in [2.24, 2.45) is 11.8 Å². The van der Waals surface area contributed by atoms with Gasteiger partial charge >= 0.3 is 0 Å². The second-order valence-electron chi connectivity index (χ2n) is 5.81. The van der Waals surface area contributed by atoms with Gasteiger partial charge in [0.15, 0.2) is 0 Å². The molecule has 0 aromatic carbocycles. The van der Waals surface area contributed by atoms with Crippen molar-refractivity contribution in [1.29, 1.82) is 0 Å². The molecule has 0 saturated heterocycles. The molecule has 17 heavy (non-hydrogen) atoms. The molecule has 1 heteroatoms.